The van der Waals surface area contributed by atoms with Gasteiger partial charge >= 0.3 is 0 Å². The average Bonchev–Trinajstić information content (AvgIpc) is 3.07. The maximum Gasteiger partial charge on any atom is 0.230 e. The molecular weight excluding hydrogens is 368 g/mol. The van der Waals surface area contributed by atoms with Crippen molar-refractivity contribution in [2.45, 2.75) is 46.6 Å². The number of ether oxygens (including phenoxy) is 2. The van der Waals surface area contributed by atoms with Crippen LogP contribution in [0, 0.1) is 18.8 Å². The number of para-hydroxylation sites is 1. The quantitative estimate of drug-likeness (QED) is 0.650. The summed E-state index contributed by atoms with van der Waals surface area (Å²) in [4.78, 5) is 19.6. The van der Waals surface area contributed by atoms with Crippen LogP contribution in [0.2, 0.25) is 0 Å². The van der Waals surface area contributed by atoms with E-state index in [9.17, 15) is 4.79 Å². The Labute approximate surface area is 173 Å². The third-order valence-electron chi connectivity index (χ3n) is 5.47. The Kier molecular flexibility index (Phi) is 6.96. The molecule has 1 aromatic heterocycles. The first-order valence-electron chi connectivity index (χ1n) is 10.4. The summed E-state index contributed by atoms with van der Waals surface area (Å²) in [6, 6.07) is 5.66. The maximum atomic E-state index is 12.5. The second-order valence-corrected chi connectivity index (χ2v) is 8.20. The van der Waals surface area contributed by atoms with Crippen LogP contribution < -0.4 is 9.47 Å². The fourth-order valence-corrected chi connectivity index (χ4v) is 3.99. The van der Waals surface area contributed by atoms with Gasteiger partial charge in [0.1, 0.15) is 11.5 Å². The monoisotopic (exact) mass is 400 g/mol. The van der Waals surface area contributed by atoms with Crippen LogP contribution >= 0.6 is 0 Å². The standard InChI is InChI=1S/C23H32N2O4/c1-15(2)12-20(26)17-8-7-11-25(13-17)14-19-16(3)29-23(24-19)18-9-6-10-21(27-4)22(18)28-5/h6,9-10,15,17H,7-8,11-14H2,1-5H3/t17-/m0/s1. The summed E-state index contributed by atoms with van der Waals surface area (Å²) in [7, 11) is 3.22. The van der Waals surface area contributed by atoms with E-state index in [1.807, 2.05) is 25.1 Å². The first kappa shape index (κ1) is 21.4. The van der Waals surface area contributed by atoms with Crippen molar-refractivity contribution < 1.29 is 18.7 Å². The largest absolute Gasteiger partial charge is 0.493 e. The van der Waals surface area contributed by atoms with E-state index in [1.54, 1.807) is 14.2 Å². The molecule has 0 N–H and O–H groups in total. The molecule has 2 aromatic rings. The highest BCUT2D eigenvalue weighted by Crippen LogP contribution is 2.38. The molecule has 6 nitrogen and oxygen atoms in total. The number of hydrogen-bond acceptors (Lipinski definition) is 6. The minimum atomic E-state index is 0.135. The van der Waals surface area contributed by atoms with Crippen LogP contribution in [0.4, 0.5) is 0 Å². The molecular formula is C23H32N2O4. The van der Waals surface area contributed by atoms with E-state index < -0.39 is 0 Å². The molecule has 0 spiro atoms. The zero-order valence-corrected chi connectivity index (χ0v) is 18.2. The Bertz CT molecular complexity index is 843. The molecule has 0 unspecified atom stereocenters. The average molecular weight is 401 g/mol. The number of carbonyl (C=O) groups excluding carboxylic acids is 1. The van der Waals surface area contributed by atoms with Crippen LogP contribution in [0.25, 0.3) is 11.5 Å². The second-order valence-electron chi connectivity index (χ2n) is 8.20. The van der Waals surface area contributed by atoms with Gasteiger partial charge < -0.3 is 13.9 Å². The van der Waals surface area contributed by atoms with Gasteiger partial charge in [0.05, 0.1) is 25.5 Å². The lowest BCUT2D eigenvalue weighted by atomic mass is 9.89. The Morgan fingerprint density at radius 3 is 2.79 bits per heavy atom. The number of aryl methyl sites for hydroxylation is 1. The van der Waals surface area contributed by atoms with Crippen molar-refractivity contribution in [3.8, 4) is 23.0 Å². The number of aromatic nitrogens is 1. The molecule has 0 saturated carbocycles. The van der Waals surface area contributed by atoms with Gasteiger partial charge in [-0.1, -0.05) is 19.9 Å². The Balaban J connectivity index is 1.75. The predicted octanol–water partition coefficient (Wildman–Crippen LogP) is 4.49. The van der Waals surface area contributed by atoms with Crippen molar-refractivity contribution in [1.29, 1.82) is 0 Å². The van der Waals surface area contributed by atoms with Gasteiger partial charge in [-0.25, -0.2) is 4.98 Å². The molecule has 29 heavy (non-hydrogen) atoms. The first-order chi connectivity index (χ1) is 13.9. The smallest absolute Gasteiger partial charge is 0.230 e. The minimum Gasteiger partial charge on any atom is -0.493 e. The molecule has 0 amide bonds. The van der Waals surface area contributed by atoms with Crippen LogP contribution in [0.5, 0.6) is 11.5 Å². The SMILES string of the molecule is COc1cccc(-c2nc(CN3CCC[C@H](C(=O)CC(C)C)C3)c(C)o2)c1OC. The van der Waals surface area contributed by atoms with E-state index in [0.29, 0.717) is 42.1 Å². The van der Waals surface area contributed by atoms with Crippen LogP contribution in [-0.4, -0.2) is 43.0 Å². The number of rotatable bonds is 8. The van der Waals surface area contributed by atoms with Crippen molar-refractivity contribution in [1.82, 2.24) is 9.88 Å². The Hall–Kier alpha value is -2.34. The number of likely N-dealkylation sites (tertiary alicyclic amines) is 1. The van der Waals surface area contributed by atoms with Crippen molar-refractivity contribution in [3.63, 3.8) is 0 Å². The van der Waals surface area contributed by atoms with Crippen molar-refractivity contribution in [3.05, 3.63) is 29.7 Å². The molecule has 2 heterocycles. The predicted molar refractivity (Wildman–Crippen MR) is 112 cm³/mol. The molecule has 158 valence electrons. The number of methoxy groups -OCH3 is 2. The summed E-state index contributed by atoms with van der Waals surface area (Å²) in [6.07, 6.45) is 2.70. The number of benzene rings is 1. The van der Waals surface area contributed by atoms with Crippen molar-refractivity contribution >= 4 is 5.78 Å². The number of piperidine rings is 1. The van der Waals surface area contributed by atoms with Gasteiger partial charge in [-0.3, -0.25) is 9.69 Å². The zero-order chi connectivity index (χ0) is 21.0. The van der Waals surface area contributed by atoms with Gasteiger partial charge in [0.15, 0.2) is 11.5 Å². The molecule has 1 aliphatic heterocycles. The molecule has 1 saturated heterocycles. The van der Waals surface area contributed by atoms with Gasteiger partial charge in [-0.15, -0.1) is 0 Å². The molecule has 1 aliphatic rings. The summed E-state index contributed by atoms with van der Waals surface area (Å²) < 4.78 is 16.9. The number of nitrogens with zero attached hydrogens (tertiary/aromatic N) is 2. The van der Waals surface area contributed by atoms with Crippen LogP contribution in [0.1, 0.15) is 44.6 Å². The Morgan fingerprint density at radius 2 is 2.10 bits per heavy atom. The molecule has 3 rings (SSSR count). The molecule has 6 heteroatoms. The summed E-state index contributed by atoms with van der Waals surface area (Å²) >= 11 is 0. The molecule has 0 bridgehead atoms. The van der Waals surface area contributed by atoms with Gasteiger partial charge in [-0.2, -0.15) is 0 Å². The number of oxazole rings is 1. The number of Topliss-reactive ketones (excluding diaryl/α,β-unsaturated/α-hetero) is 1. The number of carbonyl (C=O) groups is 1. The minimum absolute atomic E-state index is 0.135. The lowest BCUT2D eigenvalue weighted by Gasteiger charge is -2.31. The highest BCUT2D eigenvalue weighted by molar-refractivity contribution is 5.81. The number of ketones is 1. The summed E-state index contributed by atoms with van der Waals surface area (Å²) in [5.41, 5.74) is 1.67. The van der Waals surface area contributed by atoms with Gasteiger partial charge in [0.25, 0.3) is 0 Å². The zero-order valence-electron chi connectivity index (χ0n) is 18.2. The topological polar surface area (TPSA) is 64.8 Å². The lowest BCUT2D eigenvalue weighted by Crippen LogP contribution is -2.38. The lowest BCUT2D eigenvalue weighted by molar-refractivity contribution is -0.125. The fraction of sp³-hybridized carbons (Fsp3) is 0.565. The highest BCUT2D eigenvalue weighted by atomic mass is 16.5. The van der Waals surface area contributed by atoms with E-state index in [4.69, 9.17) is 18.9 Å². The molecule has 1 atom stereocenters. The van der Waals surface area contributed by atoms with Crippen LogP contribution in [-0.2, 0) is 11.3 Å². The second kappa shape index (κ2) is 9.44. The van der Waals surface area contributed by atoms with Crippen molar-refractivity contribution in [2.75, 3.05) is 27.3 Å². The number of hydrogen-bond donors (Lipinski definition) is 0. The normalized spacial score (nSPS) is 17.5. The van der Waals surface area contributed by atoms with Gasteiger partial charge in [-0.05, 0) is 44.4 Å². The third kappa shape index (κ3) is 4.99. The van der Waals surface area contributed by atoms with Gasteiger partial charge in [0.2, 0.25) is 5.89 Å². The Morgan fingerprint density at radius 1 is 1.31 bits per heavy atom. The molecule has 0 aliphatic carbocycles. The summed E-state index contributed by atoms with van der Waals surface area (Å²) in [5, 5.41) is 0. The van der Waals surface area contributed by atoms with E-state index in [2.05, 4.69) is 18.7 Å². The molecule has 1 aromatic carbocycles. The summed E-state index contributed by atoms with van der Waals surface area (Å²) in [6.45, 7) is 8.61. The maximum absolute atomic E-state index is 12.5. The van der Waals surface area contributed by atoms with Gasteiger partial charge in [0, 0.05) is 25.4 Å². The van der Waals surface area contributed by atoms with Crippen LogP contribution in [0.15, 0.2) is 22.6 Å². The van der Waals surface area contributed by atoms with E-state index in [0.717, 1.165) is 42.9 Å². The van der Waals surface area contributed by atoms with E-state index in [-0.39, 0.29) is 5.92 Å². The van der Waals surface area contributed by atoms with E-state index in [1.165, 1.54) is 0 Å². The van der Waals surface area contributed by atoms with Crippen LogP contribution in [0.3, 0.4) is 0 Å². The first-order valence-corrected chi connectivity index (χ1v) is 10.4. The molecule has 0 radical (unpaired) electrons. The molecule has 1 fully saturated rings. The highest BCUT2D eigenvalue weighted by Gasteiger charge is 2.27. The summed E-state index contributed by atoms with van der Waals surface area (Å²) in [5.74, 6) is 3.51. The van der Waals surface area contributed by atoms with E-state index >= 15 is 0 Å². The third-order valence-corrected chi connectivity index (χ3v) is 5.47. The fourth-order valence-electron chi connectivity index (χ4n) is 3.99. The van der Waals surface area contributed by atoms with Crippen molar-refractivity contribution in [2.24, 2.45) is 11.8 Å².